The van der Waals surface area contributed by atoms with Crippen molar-refractivity contribution in [2.75, 3.05) is 0 Å². The van der Waals surface area contributed by atoms with Gasteiger partial charge in [0.25, 0.3) is 10.1 Å². The van der Waals surface area contributed by atoms with Crippen molar-refractivity contribution in [1.29, 1.82) is 0 Å². The lowest BCUT2D eigenvalue weighted by molar-refractivity contribution is 0.0371. The Bertz CT molecular complexity index is 759. The third kappa shape index (κ3) is 12.6. The van der Waals surface area contributed by atoms with Crippen LogP contribution in [-0.4, -0.2) is 25.7 Å². The second-order valence-corrected chi connectivity index (χ2v) is 10.3. The van der Waals surface area contributed by atoms with Gasteiger partial charge in [-0.05, 0) is 31.9 Å². The molecule has 5 heteroatoms. The van der Waals surface area contributed by atoms with Gasteiger partial charge >= 0.3 is 0 Å². The second-order valence-electron chi connectivity index (χ2n) is 8.75. The average Bonchev–Trinajstić information content (AvgIpc) is 2.77. The standard InChI is InChI=1S/C27H44O4S/c1-4-6-8-10-11-12-13-15-17-19-27(26(28)18-16-14-9-7-5-2)31-32(29,30)25-22-20-24(3)21-23-25/h20-23,26-28H,4-13,15,17-19H2,1-3H3/t26-,27-/m0/s1. The Morgan fingerprint density at radius 1 is 0.844 bits per heavy atom. The summed E-state index contributed by atoms with van der Waals surface area (Å²) in [6, 6.07) is 6.61. The van der Waals surface area contributed by atoms with Crippen LogP contribution in [0.5, 0.6) is 0 Å². The van der Waals surface area contributed by atoms with Gasteiger partial charge in [-0.3, -0.25) is 4.18 Å². The zero-order chi connectivity index (χ0) is 23.7. The molecule has 0 saturated heterocycles. The summed E-state index contributed by atoms with van der Waals surface area (Å²) in [5.41, 5.74) is 0.984. The summed E-state index contributed by atoms with van der Waals surface area (Å²) in [6.07, 6.45) is 12.6. The van der Waals surface area contributed by atoms with Crippen LogP contribution in [0.15, 0.2) is 29.2 Å². The molecule has 0 aliphatic heterocycles. The van der Waals surface area contributed by atoms with E-state index in [0.29, 0.717) is 6.42 Å². The highest BCUT2D eigenvalue weighted by atomic mass is 32.2. The molecule has 0 aromatic heterocycles. The number of benzene rings is 1. The molecular weight excluding hydrogens is 420 g/mol. The summed E-state index contributed by atoms with van der Waals surface area (Å²) in [5.74, 6) is 6.06. The smallest absolute Gasteiger partial charge is 0.297 e. The first-order chi connectivity index (χ1) is 15.4. The zero-order valence-electron chi connectivity index (χ0n) is 20.4. The Morgan fingerprint density at radius 2 is 1.41 bits per heavy atom. The Morgan fingerprint density at radius 3 is 2.00 bits per heavy atom. The Labute approximate surface area is 197 Å². The van der Waals surface area contributed by atoms with Gasteiger partial charge in [-0.25, -0.2) is 0 Å². The first kappa shape index (κ1) is 28.7. The van der Waals surface area contributed by atoms with Crippen molar-refractivity contribution in [2.45, 2.75) is 128 Å². The summed E-state index contributed by atoms with van der Waals surface area (Å²) < 4.78 is 31.1. The van der Waals surface area contributed by atoms with Crippen molar-refractivity contribution < 1.29 is 17.7 Å². The molecule has 4 nitrogen and oxygen atoms in total. The number of hydrogen-bond acceptors (Lipinski definition) is 4. The van der Waals surface area contributed by atoms with Gasteiger partial charge < -0.3 is 5.11 Å². The van der Waals surface area contributed by atoms with Gasteiger partial charge in [0.1, 0.15) is 6.10 Å². The van der Waals surface area contributed by atoms with Crippen LogP contribution in [0.25, 0.3) is 0 Å². The van der Waals surface area contributed by atoms with Crippen LogP contribution in [0.1, 0.15) is 109 Å². The number of aliphatic hydroxyl groups is 1. The highest BCUT2D eigenvalue weighted by molar-refractivity contribution is 7.86. The lowest BCUT2D eigenvalue weighted by atomic mass is 10.0. The van der Waals surface area contributed by atoms with Crippen molar-refractivity contribution in [3.63, 3.8) is 0 Å². The summed E-state index contributed by atoms with van der Waals surface area (Å²) in [7, 11) is -3.93. The van der Waals surface area contributed by atoms with Crippen molar-refractivity contribution in [3.05, 3.63) is 29.8 Å². The molecule has 0 saturated carbocycles. The van der Waals surface area contributed by atoms with Gasteiger partial charge in [-0.15, -0.1) is 11.8 Å². The van der Waals surface area contributed by atoms with Gasteiger partial charge in [0.2, 0.25) is 0 Å². The lowest BCUT2D eigenvalue weighted by Crippen LogP contribution is -2.31. The summed E-state index contributed by atoms with van der Waals surface area (Å²) in [6.45, 7) is 6.25. The van der Waals surface area contributed by atoms with E-state index in [0.717, 1.165) is 44.1 Å². The predicted molar refractivity (Wildman–Crippen MR) is 133 cm³/mol. The molecule has 0 amide bonds. The number of aryl methyl sites for hydroxylation is 1. The molecule has 1 rings (SSSR count). The summed E-state index contributed by atoms with van der Waals surface area (Å²) in [4.78, 5) is 0.126. The fourth-order valence-electron chi connectivity index (χ4n) is 3.55. The molecule has 0 aliphatic rings. The van der Waals surface area contributed by atoms with Crippen LogP contribution in [0, 0.1) is 18.8 Å². The molecule has 0 unspecified atom stereocenters. The first-order valence-corrected chi connectivity index (χ1v) is 13.9. The molecule has 0 aliphatic carbocycles. The second kappa shape index (κ2) is 17.2. The van der Waals surface area contributed by atoms with E-state index in [1.54, 1.807) is 24.3 Å². The minimum absolute atomic E-state index is 0.126. The maximum atomic E-state index is 12.8. The van der Waals surface area contributed by atoms with E-state index in [1.807, 2.05) is 6.92 Å². The molecule has 0 radical (unpaired) electrons. The Balaban J connectivity index is 2.61. The maximum absolute atomic E-state index is 12.8. The first-order valence-electron chi connectivity index (χ1n) is 12.5. The van der Waals surface area contributed by atoms with E-state index in [4.69, 9.17) is 4.18 Å². The fraction of sp³-hybridized carbons (Fsp3) is 0.704. The van der Waals surface area contributed by atoms with Crippen LogP contribution >= 0.6 is 0 Å². The van der Waals surface area contributed by atoms with Gasteiger partial charge in [0.15, 0.2) is 0 Å². The molecule has 0 heterocycles. The van der Waals surface area contributed by atoms with Crippen LogP contribution in [-0.2, 0) is 14.3 Å². The number of unbranched alkanes of at least 4 members (excludes halogenated alkanes) is 10. The fourth-order valence-corrected chi connectivity index (χ4v) is 4.68. The molecular formula is C27H44O4S. The van der Waals surface area contributed by atoms with E-state index in [2.05, 4.69) is 25.7 Å². The average molecular weight is 465 g/mol. The van der Waals surface area contributed by atoms with Crippen molar-refractivity contribution in [3.8, 4) is 11.8 Å². The molecule has 0 spiro atoms. The monoisotopic (exact) mass is 464 g/mol. The molecule has 1 aromatic carbocycles. The van der Waals surface area contributed by atoms with E-state index in [9.17, 15) is 13.5 Å². The highest BCUT2D eigenvalue weighted by Gasteiger charge is 2.27. The van der Waals surface area contributed by atoms with Crippen LogP contribution < -0.4 is 0 Å². The van der Waals surface area contributed by atoms with E-state index >= 15 is 0 Å². The van der Waals surface area contributed by atoms with Crippen molar-refractivity contribution >= 4 is 10.1 Å². The Hall–Kier alpha value is -1.35. The molecule has 1 aromatic rings. The van der Waals surface area contributed by atoms with Gasteiger partial charge in [0.05, 0.1) is 11.0 Å². The van der Waals surface area contributed by atoms with E-state index in [-0.39, 0.29) is 11.3 Å². The van der Waals surface area contributed by atoms with Crippen LogP contribution in [0.3, 0.4) is 0 Å². The summed E-state index contributed by atoms with van der Waals surface area (Å²) in [5, 5.41) is 10.7. The van der Waals surface area contributed by atoms with Crippen molar-refractivity contribution in [1.82, 2.24) is 0 Å². The highest BCUT2D eigenvalue weighted by Crippen LogP contribution is 2.21. The van der Waals surface area contributed by atoms with Gasteiger partial charge in [0, 0.05) is 12.8 Å². The largest absolute Gasteiger partial charge is 0.389 e. The van der Waals surface area contributed by atoms with E-state index < -0.39 is 22.3 Å². The predicted octanol–water partition coefficient (Wildman–Crippen LogP) is 6.93. The SMILES string of the molecule is CCCCC#CC[C@H](O)[C@H](CCCCCCCCCCC)OS(=O)(=O)c1ccc(C)cc1. The number of aliphatic hydroxyl groups excluding tert-OH is 1. The van der Waals surface area contributed by atoms with E-state index in [1.165, 1.54) is 38.5 Å². The topological polar surface area (TPSA) is 63.6 Å². The summed E-state index contributed by atoms with van der Waals surface area (Å²) >= 11 is 0. The number of hydrogen-bond donors (Lipinski definition) is 1. The zero-order valence-corrected chi connectivity index (χ0v) is 21.3. The third-order valence-corrected chi connectivity index (χ3v) is 7.02. The molecule has 2 atom stereocenters. The molecule has 1 N–H and O–H groups in total. The molecule has 182 valence electrons. The normalized spacial score (nSPS) is 13.4. The third-order valence-electron chi connectivity index (χ3n) is 5.67. The lowest BCUT2D eigenvalue weighted by Gasteiger charge is -2.21. The van der Waals surface area contributed by atoms with Crippen LogP contribution in [0.4, 0.5) is 0 Å². The number of rotatable bonds is 17. The maximum Gasteiger partial charge on any atom is 0.297 e. The molecule has 0 fully saturated rings. The Kier molecular flexibility index (Phi) is 15.4. The van der Waals surface area contributed by atoms with Gasteiger partial charge in [-0.1, -0.05) is 95.8 Å². The minimum Gasteiger partial charge on any atom is -0.389 e. The quantitative estimate of drug-likeness (QED) is 0.154. The molecule has 32 heavy (non-hydrogen) atoms. The van der Waals surface area contributed by atoms with Crippen molar-refractivity contribution in [2.24, 2.45) is 0 Å². The van der Waals surface area contributed by atoms with Crippen LogP contribution in [0.2, 0.25) is 0 Å². The van der Waals surface area contributed by atoms with Gasteiger partial charge in [-0.2, -0.15) is 8.42 Å². The molecule has 0 bridgehead atoms. The minimum atomic E-state index is -3.93.